The molecule has 2 saturated heterocycles. The molecule has 0 unspecified atom stereocenters. The number of amides is 2. The lowest BCUT2D eigenvalue weighted by atomic mass is 9.58. The van der Waals surface area contributed by atoms with Crippen molar-refractivity contribution in [2.75, 3.05) is 20.8 Å². The van der Waals surface area contributed by atoms with Gasteiger partial charge in [-0.2, -0.15) is 0 Å². The van der Waals surface area contributed by atoms with Crippen LogP contribution in [0.2, 0.25) is 6.32 Å². The first kappa shape index (κ1) is 29.7. The summed E-state index contributed by atoms with van der Waals surface area (Å²) >= 11 is 2.09. The number of aromatic hydroxyl groups is 1. The zero-order valence-electron chi connectivity index (χ0n) is 23.5. The van der Waals surface area contributed by atoms with Gasteiger partial charge < -0.3 is 24.3 Å². The van der Waals surface area contributed by atoms with Crippen LogP contribution >= 0.6 is 22.6 Å². The molecule has 2 amide bonds. The fourth-order valence-electron chi connectivity index (χ4n) is 6.48. The fourth-order valence-corrected chi connectivity index (χ4v) is 7.10. The molecule has 4 atom stereocenters. The molecule has 0 bridgehead atoms. The Morgan fingerprint density at radius 2 is 1.95 bits per heavy atom. The quantitative estimate of drug-likeness (QED) is 0.166. The van der Waals surface area contributed by atoms with Crippen LogP contribution in [0.1, 0.15) is 38.2 Å². The maximum Gasteiger partial charge on any atom is 0.455 e. The molecule has 0 radical (unpaired) electrons. The Kier molecular flexibility index (Phi) is 9.10. The molecule has 8 nitrogen and oxygen atoms in total. The van der Waals surface area contributed by atoms with Gasteiger partial charge in [0.15, 0.2) is 11.5 Å². The number of fused-ring (bicyclic) bond motifs is 3. The lowest BCUT2D eigenvalue weighted by Crippen LogP contribution is -2.46. The maximum absolute atomic E-state index is 13.2. The maximum atomic E-state index is 13.2. The van der Waals surface area contributed by atoms with Gasteiger partial charge in [-0.1, -0.05) is 36.8 Å². The third-order valence-corrected chi connectivity index (χ3v) is 9.33. The number of hydrogen-bond donors (Lipinski definition) is 2. The van der Waals surface area contributed by atoms with Gasteiger partial charge in [-0.05, 0) is 101 Å². The Balaban J connectivity index is 1.45. The third-order valence-electron chi connectivity index (χ3n) is 8.51. The molecule has 2 aromatic rings. The minimum atomic E-state index is -1.02. The molecule has 216 valence electrons. The molecule has 2 fully saturated rings. The number of rotatable bonds is 9. The number of benzene rings is 2. The molecular weight excluding hydrogens is 636 g/mol. The van der Waals surface area contributed by atoms with Gasteiger partial charge >= 0.3 is 7.12 Å². The molecular formula is C31H35BINO7. The van der Waals surface area contributed by atoms with Crippen LogP contribution in [0.15, 0.2) is 59.2 Å². The SMILES string of the molecule is CC/C(=C\c1cc(I)c(O)c(OC)c1)CC[C@H]1OB(O)C[C@H]2C1=C(COc1ccccc1)C[C@H]1C(=O)N(C)C(=O)[C@H]12. The number of para-hydroxylation sites is 1. The van der Waals surface area contributed by atoms with E-state index >= 15 is 0 Å². The molecule has 41 heavy (non-hydrogen) atoms. The van der Waals surface area contributed by atoms with E-state index in [1.807, 2.05) is 42.5 Å². The summed E-state index contributed by atoms with van der Waals surface area (Å²) in [6.07, 6.45) is 4.53. The normalized spacial score (nSPS) is 24.5. The van der Waals surface area contributed by atoms with Gasteiger partial charge in [0, 0.05) is 7.05 Å². The molecule has 0 aromatic heterocycles. The van der Waals surface area contributed by atoms with Crippen LogP contribution in [0.25, 0.3) is 6.08 Å². The second kappa shape index (κ2) is 12.6. The predicted molar refractivity (Wildman–Crippen MR) is 164 cm³/mol. The number of carbonyl (C=O) groups excluding carboxylic acids is 2. The van der Waals surface area contributed by atoms with E-state index in [-0.39, 0.29) is 29.8 Å². The van der Waals surface area contributed by atoms with E-state index in [1.165, 1.54) is 17.6 Å². The van der Waals surface area contributed by atoms with Crippen molar-refractivity contribution >= 4 is 47.6 Å². The van der Waals surface area contributed by atoms with E-state index < -0.39 is 25.1 Å². The van der Waals surface area contributed by atoms with E-state index in [0.29, 0.717) is 35.2 Å². The molecule has 2 aliphatic heterocycles. The first-order chi connectivity index (χ1) is 19.7. The van der Waals surface area contributed by atoms with Gasteiger partial charge in [-0.25, -0.2) is 0 Å². The average molecular weight is 671 g/mol. The van der Waals surface area contributed by atoms with Crippen molar-refractivity contribution in [3.63, 3.8) is 0 Å². The Morgan fingerprint density at radius 1 is 1.20 bits per heavy atom. The van der Waals surface area contributed by atoms with Gasteiger partial charge in [0.05, 0.1) is 28.6 Å². The molecule has 1 aliphatic carbocycles. The minimum absolute atomic E-state index is 0.123. The van der Waals surface area contributed by atoms with Crippen molar-refractivity contribution in [1.29, 1.82) is 0 Å². The Hall–Kier alpha value is -2.83. The lowest BCUT2D eigenvalue weighted by molar-refractivity contribution is -0.138. The lowest BCUT2D eigenvalue weighted by Gasteiger charge is -2.43. The summed E-state index contributed by atoms with van der Waals surface area (Å²) < 4.78 is 18.3. The van der Waals surface area contributed by atoms with E-state index in [0.717, 1.165) is 28.9 Å². The van der Waals surface area contributed by atoms with Crippen molar-refractivity contribution in [2.24, 2.45) is 17.8 Å². The summed E-state index contributed by atoms with van der Waals surface area (Å²) in [6, 6.07) is 13.3. The third kappa shape index (κ3) is 6.05. The summed E-state index contributed by atoms with van der Waals surface area (Å²) in [5.74, 6) is -0.282. The minimum Gasteiger partial charge on any atom is -0.504 e. The highest BCUT2D eigenvalue weighted by atomic mass is 127. The number of phenols is 1. The summed E-state index contributed by atoms with van der Waals surface area (Å²) in [6.45, 7) is 2.39. The number of methoxy groups -OCH3 is 1. The number of halogens is 1. The standard InChI is InChI=1S/C31H35BINO7/c1-4-18(12-19-13-24(33)29(35)26(14-19)39-3)10-11-25-27-20(17-40-21-8-6-5-7-9-21)15-22-28(23(27)16-32(38)41-25)31(37)34(2)30(22)36/h5-9,12-14,22-23,25,28,35,38H,4,10-11,15-17H2,1-3H3/b18-12+/t22-,23+,25-,28-/m1/s1. The largest absolute Gasteiger partial charge is 0.504 e. The number of hydrogen-bond acceptors (Lipinski definition) is 7. The Morgan fingerprint density at radius 3 is 2.66 bits per heavy atom. The zero-order chi connectivity index (χ0) is 29.3. The van der Waals surface area contributed by atoms with Gasteiger partial charge in [0.25, 0.3) is 0 Å². The number of imide groups is 1. The van der Waals surface area contributed by atoms with E-state index in [1.54, 1.807) is 7.05 Å². The van der Waals surface area contributed by atoms with Crippen LogP contribution < -0.4 is 9.47 Å². The number of allylic oxidation sites excluding steroid dienone is 1. The van der Waals surface area contributed by atoms with Crippen LogP contribution in [0, 0.1) is 21.3 Å². The van der Waals surface area contributed by atoms with Gasteiger partial charge in [0.1, 0.15) is 12.4 Å². The molecule has 2 heterocycles. The molecule has 2 N–H and O–H groups in total. The summed E-state index contributed by atoms with van der Waals surface area (Å²) in [5, 5.41) is 21.0. The van der Waals surface area contributed by atoms with Gasteiger partial charge in [0.2, 0.25) is 11.8 Å². The van der Waals surface area contributed by atoms with Gasteiger partial charge in [-0.3, -0.25) is 14.5 Å². The van der Waals surface area contributed by atoms with Crippen LogP contribution in [0.5, 0.6) is 17.2 Å². The van der Waals surface area contributed by atoms with Crippen molar-refractivity contribution in [1.82, 2.24) is 4.90 Å². The van der Waals surface area contributed by atoms with Crippen LogP contribution in [0.4, 0.5) is 0 Å². The smallest absolute Gasteiger partial charge is 0.455 e. The van der Waals surface area contributed by atoms with E-state index in [2.05, 4.69) is 35.6 Å². The fraction of sp³-hybridized carbons (Fsp3) is 0.419. The van der Waals surface area contributed by atoms with Gasteiger partial charge in [-0.15, -0.1) is 0 Å². The van der Waals surface area contributed by atoms with Crippen LogP contribution in [-0.2, 0) is 14.2 Å². The second-order valence-electron chi connectivity index (χ2n) is 10.9. The van der Waals surface area contributed by atoms with Crippen molar-refractivity contribution < 1.29 is 33.8 Å². The second-order valence-corrected chi connectivity index (χ2v) is 12.1. The Labute approximate surface area is 254 Å². The molecule has 5 rings (SSSR count). The van der Waals surface area contributed by atoms with Crippen molar-refractivity contribution in [3.05, 3.63) is 68.3 Å². The molecule has 0 saturated carbocycles. The predicted octanol–water partition coefficient (Wildman–Crippen LogP) is 5.08. The first-order valence-electron chi connectivity index (χ1n) is 14.0. The number of nitrogens with zero attached hydrogens (tertiary/aromatic N) is 1. The zero-order valence-corrected chi connectivity index (χ0v) is 25.7. The number of likely N-dealkylation sites (tertiary alicyclic amines) is 1. The average Bonchev–Trinajstić information content (AvgIpc) is 3.19. The van der Waals surface area contributed by atoms with E-state index in [9.17, 15) is 19.7 Å². The monoisotopic (exact) mass is 671 g/mol. The highest BCUT2D eigenvalue weighted by Crippen LogP contribution is 2.50. The Bertz CT molecular complexity index is 1380. The molecule has 0 spiro atoms. The number of carbonyl (C=O) groups is 2. The number of phenolic OH excluding ortho intramolecular Hbond substituents is 1. The summed E-state index contributed by atoms with van der Waals surface area (Å²) in [5.41, 5.74) is 4.09. The van der Waals surface area contributed by atoms with Crippen LogP contribution in [0.3, 0.4) is 0 Å². The first-order valence-corrected chi connectivity index (χ1v) is 15.1. The number of ether oxygens (including phenoxy) is 2. The summed E-state index contributed by atoms with van der Waals surface area (Å²) in [7, 11) is 2.06. The highest BCUT2D eigenvalue weighted by Gasteiger charge is 2.56. The molecule has 10 heteroatoms. The topological polar surface area (TPSA) is 106 Å². The molecule has 3 aliphatic rings. The van der Waals surface area contributed by atoms with E-state index in [4.69, 9.17) is 14.1 Å². The van der Waals surface area contributed by atoms with Crippen LogP contribution in [-0.4, -0.2) is 60.8 Å². The van der Waals surface area contributed by atoms with Crippen molar-refractivity contribution in [2.45, 2.75) is 45.0 Å². The van der Waals surface area contributed by atoms with Crippen molar-refractivity contribution in [3.8, 4) is 17.2 Å². The summed E-state index contributed by atoms with van der Waals surface area (Å²) in [4.78, 5) is 27.5. The molecule has 2 aromatic carbocycles. The highest BCUT2D eigenvalue weighted by molar-refractivity contribution is 14.1.